The molecular formula is C20H16BrN. The first-order valence-corrected chi connectivity index (χ1v) is 8.55. The first kappa shape index (κ1) is 12.7. The maximum atomic E-state index is 3.67. The number of aromatic nitrogens is 1. The Kier molecular flexibility index (Phi) is 2.39. The molecule has 3 aromatic rings. The summed E-state index contributed by atoms with van der Waals surface area (Å²) in [5, 5.41) is 1.41. The highest BCUT2D eigenvalue weighted by Crippen LogP contribution is 2.58. The Labute approximate surface area is 138 Å². The van der Waals surface area contributed by atoms with E-state index in [4.69, 9.17) is 0 Å². The van der Waals surface area contributed by atoms with Crippen LogP contribution in [-0.2, 0) is 12.5 Å². The number of aryl methyl sites for hydroxylation is 1. The van der Waals surface area contributed by atoms with Gasteiger partial charge in [-0.15, -0.1) is 0 Å². The van der Waals surface area contributed by atoms with Gasteiger partial charge in [-0.1, -0.05) is 52.3 Å². The summed E-state index contributed by atoms with van der Waals surface area (Å²) in [4.78, 5) is 0. The number of halogens is 1. The molecule has 0 saturated heterocycles. The number of hydrogen-bond acceptors (Lipinski definition) is 0. The van der Waals surface area contributed by atoms with Gasteiger partial charge in [0.25, 0.3) is 0 Å². The minimum Gasteiger partial charge on any atom is -0.343 e. The average Bonchev–Trinajstić information content (AvgIpc) is 3.19. The van der Waals surface area contributed by atoms with Crippen LogP contribution in [0.3, 0.4) is 0 Å². The molecule has 5 rings (SSSR count). The fourth-order valence-corrected chi connectivity index (χ4v) is 4.88. The van der Waals surface area contributed by atoms with E-state index in [9.17, 15) is 0 Å². The molecule has 0 N–H and O–H groups in total. The van der Waals surface area contributed by atoms with E-state index in [1.165, 1.54) is 37.8 Å². The molecule has 1 aromatic heterocycles. The van der Waals surface area contributed by atoms with Crippen LogP contribution < -0.4 is 0 Å². The third-order valence-electron chi connectivity index (χ3n) is 5.44. The van der Waals surface area contributed by atoms with Crippen molar-refractivity contribution in [1.29, 1.82) is 0 Å². The molecule has 0 radical (unpaired) electrons. The van der Waals surface area contributed by atoms with Crippen molar-refractivity contribution in [1.82, 2.24) is 4.57 Å². The smallest absolute Gasteiger partial charge is 0.0533 e. The predicted molar refractivity (Wildman–Crippen MR) is 95.2 cm³/mol. The van der Waals surface area contributed by atoms with Gasteiger partial charge in [-0.3, -0.25) is 0 Å². The molecule has 0 amide bonds. The van der Waals surface area contributed by atoms with E-state index < -0.39 is 0 Å². The van der Waals surface area contributed by atoms with Gasteiger partial charge >= 0.3 is 0 Å². The van der Waals surface area contributed by atoms with Crippen LogP contribution in [0, 0.1) is 0 Å². The Bertz CT molecular complexity index is 953. The van der Waals surface area contributed by atoms with Crippen LogP contribution in [0.2, 0.25) is 0 Å². The molecule has 2 heteroatoms. The van der Waals surface area contributed by atoms with Crippen LogP contribution in [0.15, 0.2) is 59.1 Å². The quantitative estimate of drug-likeness (QED) is 0.468. The summed E-state index contributed by atoms with van der Waals surface area (Å²) in [6.45, 7) is 0. The fraction of sp³-hybridized carbons (Fsp3) is 0.200. The third kappa shape index (κ3) is 1.35. The lowest BCUT2D eigenvalue weighted by atomic mass is 9.75. The maximum absolute atomic E-state index is 3.67. The molecule has 0 unspecified atom stereocenters. The molecule has 1 spiro atoms. The Hall–Kier alpha value is -1.80. The van der Waals surface area contributed by atoms with Crippen molar-refractivity contribution in [3.8, 4) is 11.3 Å². The number of para-hydroxylation sites is 1. The summed E-state index contributed by atoms with van der Waals surface area (Å²) in [6, 6.07) is 15.6. The van der Waals surface area contributed by atoms with Gasteiger partial charge < -0.3 is 4.57 Å². The first-order valence-electron chi connectivity index (χ1n) is 7.76. The van der Waals surface area contributed by atoms with Crippen molar-refractivity contribution in [3.05, 3.63) is 70.2 Å². The van der Waals surface area contributed by atoms with Crippen LogP contribution in [0.5, 0.6) is 0 Å². The van der Waals surface area contributed by atoms with E-state index >= 15 is 0 Å². The standard InChI is InChI=1S/C20H16BrN/c1-22-17-7-3-2-6-15(17)18-19(22)14-9-8-13(21)12-16(14)20(18)10-4-5-11-20/h2-9,12H,10-11H2,1H3. The average molecular weight is 350 g/mol. The maximum Gasteiger partial charge on any atom is 0.0533 e. The number of hydrogen-bond donors (Lipinski definition) is 0. The molecule has 108 valence electrons. The predicted octanol–water partition coefficient (Wildman–Crippen LogP) is 5.56. The molecule has 1 nitrogen and oxygen atoms in total. The lowest BCUT2D eigenvalue weighted by Crippen LogP contribution is -2.20. The largest absolute Gasteiger partial charge is 0.343 e. The minimum atomic E-state index is 0.134. The van der Waals surface area contributed by atoms with Gasteiger partial charge in [0.1, 0.15) is 0 Å². The van der Waals surface area contributed by atoms with Crippen molar-refractivity contribution in [2.24, 2.45) is 7.05 Å². The third-order valence-corrected chi connectivity index (χ3v) is 5.93. The van der Waals surface area contributed by atoms with Crippen LogP contribution in [-0.4, -0.2) is 4.57 Å². The summed E-state index contributed by atoms with van der Waals surface area (Å²) in [7, 11) is 2.20. The molecule has 0 bridgehead atoms. The van der Waals surface area contributed by atoms with Crippen LogP contribution in [0.1, 0.15) is 24.0 Å². The van der Waals surface area contributed by atoms with Crippen molar-refractivity contribution in [3.63, 3.8) is 0 Å². The van der Waals surface area contributed by atoms with Gasteiger partial charge in [0.2, 0.25) is 0 Å². The number of allylic oxidation sites excluding steroid dienone is 2. The molecule has 1 heterocycles. The molecule has 0 aliphatic heterocycles. The topological polar surface area (TPSA) is 4.93 Å². The van der Waals surface area contributed by atoms with E-state index in [0.29, 0.717) is 0 Å². The lowest BCUT2D eigenvalue weighted by Gasteiger charge is -2.26. The van der Waals surface area contributed by atoms with E-state index in [1.807, 2.05) is 0 Å². The molecule has 0 saturated carbocycles. The Balaban J connectivity index is 1.98. The molecule has 2 aliphatic carbocycles. The van der Waals surface area contributed by atoms with Crippen molar-refractivity contribution >= 4 is 26.8 Å². The first-order chi connectivity index (χ1) is 10.7. The second-order valence-electron chi connectivity index (χ2n) is 6.45. The second-order valence-corrected chi connectivity index (χ2v) is 7.37. The van der Waals surface area contributed by atoms with Crippen LogP contribution in [0.25, 0.3) is 22.2 Å². The second kappa shape index (κ2) is 4.14. The molecule has 2 aliphatic rings. The highest BCUT2D eigenvalue weighted by atomic mass is 79.9. The van der Waals surface area contributed by atoms with Gasteiger partial charge in [0, 0.05) is 33.4 Å². The summed E-state index contributed by atoms with van der Waals surface area (Å²) in [6.07, 6.45) is 6.91. The number of nitrogens with zero attached hydrogens (tertiary/aromatic N) is 1. The lowest BCUT2D eigenvalue weighted by molar-refractivity contribution is 0.577. The number of rotatable bonds is 0. The van der Waals surface area contributed by atoms with Gasteiger partial charge in [-0.05, 0) is 42.2 Å². The van der Waals surface area contributed by atoms with E-state index in [1.54, 1.807) is 0 Å². The molecule has 0 atom stereocenters. The van der Waals surface area contributed by atoms with Crippen LogP contribution >= 0.6 is 15.9 Å². The van der Waals surface area contributed by atoms with Gasteiger partial charge in [-0.25, -0.2) is 0 Å². The Morgan fingerprint density at radius 2 is 1.82 bits per heavy atom. The normalized spacial score (nSPS) is 17.4. The fourth-order valence-electron chi connectivity index (χ4n) is 4.52. The highest BCUT2D eigenvalue weighted by Gasteiger charge is 2.46. The zero-order chi connectivity index (χ0) is 14.9. The number of fused-ring (bicyclic) bond motifs is 7. The summed E-state index contributed by atoms with van der Waals surface area (Å²) < 4.78 is 3.56. The highest BCUT2D eigenvalue weighted by molar-refractivity contribution is 9.10. The molecule has 22 heavy (non-hydrogen) atoms. The Morgan fingerprint density at radius 1 is 1.05 bits per heavy atom. The van der Waals surface area contributed by atoms with Gasteiger partial charge in [0.05, 0.1) is 5.69 Å². The van der Waals surface area contributed by atoms with Crippen LogP contribution in [0.4, 0.5) is 0 Å². The van der Waals surface area contributed by atoms with E-state index in [-0.39, 0.29) is 5.41 Å². The SMILES string of the molecule is Cn1c2c(c3ccccc31)C1(CC=CC1)c1cc(Br)ccc1-2. The molecule has 0 fully saturated rings. The molecular weight excluding hydrogens is 334 g/mol. The zero-order valence-corrected chi connectivity index (χ0v) is 14.0. The van der Waals surface area contributed by atoms with Crippen molar-refractivity contribution < 1.29 is 0 Å². The summed E-state index contributed by atoms with van der Waals surface area (Å²) >= 11 is 3.67. The van der Waals surface area contributed by atoms with E-state index in [2.05, 4.69) is 82.2 Å². The van der Waals surface area contributed by atoms with Gasteiger partial charge in [0.15, 0.2) is 0 Å². The van der Waals surface area contributed by atoms with E-state index in [0.717, 1.165) is 12.8 Å². The summed E-state index contributed by atoms with van der Waals surface area (Å²) in [5.74, 6) is 0. The zero-order valence-electron chi connectivity index (χ0n) is 12.4. The summed E-state index contributed by atoms with van der Waals surface area (Å²) in [5.41, 5.74) is 7.30. The molecule has 2 aromatic carbocycles. The van der Waals surface area contributed by atoms with Crippen molar-refractivity contribution in [2.45, 2.75) is 18.3 Å². The van der Waals surface area contributed by atoms with Crippen molar-refractivity contribution in [2.75, 3.05) is 0 Å². The minimum absolute atomic E-state index is 0.134. The monoisotopic (exact) mass is 349 g/mol. The van der Waals surface area contributed by atoms with Gasteiger partial charge in [-0.2, -0.15) is 0 Å². The number of benzene rings is 2. The Morgan fingerprint density at radius 3 is 2.64 bits per heavy atom.